The van der Waals surface area contributed by atoms with Crippen LogP contribution in [0.15, 0.2) is 30.5 Å². The van der Waals surface area contributed by atoms with Crippen LogP contribution in [0.1, 0.15) is 30.7 Å². The molecule has 5 heteroatoms. The zero-order valence-electron chi connectivity index (χ0n) is 11.0. The topological polar surface area (TPSA) is 47.3 Å². The zero-order chi connectivity index (χ0) is 13.8. The number of aliphatic hydroxyl groups is 1. The maximum Gasteiger partial charge on any atom is 0.133 e. The predicted octanol–water partition coefficient (Wildman–Crippen LogP) is 2.52. The Hall–Kier alpha value is -1.88. The van der Waals surface area contributed by atoms with Crippen LogP contribution in [0.25, 0.3) is 0 Å². The third-order valence-corrected chi connectivity index (χ3v) is 2.97. The zero-order valence-corrected chi connectivity index (χ0v) is 11.0. The second-order valence-electron chi connectivity index (χ2n) is 4.24. The molecule has 0 saturated carbocycles. The molecule has 0 aliphatic rings. The molecule has 1 aromatic heterocycles. The molecule has 2 rings (SSSR count). The Morgan fingerprint density at radius 1 is 1.42 bits per heavy atom. The minimum absolute atomic E-state index is 0.142. The summed E-state index contributed by atoms with van der Waals surface area (Å²) in [4.78, 5) is 0. The summed E-state index contributed by atoms with van der Waals surface area (Å²) in [7, 11) is 1.45. The Bertz CT molecular complexity index is 554. The van der Waals surface area contributed by atoms with Gasteiger partial charge in [-0.1, -0.05) is 13.0 Å². The van der Waals surface area contributed by atoms with Gasteiger partial charge >= 0.3 is 0 Å². The van der Waals surface area contributed by atoms with Crippen LogP contribution in [0.3, 0.4) is 0 Å². The molecule has 1 unspecified atom stereocenters. The lowest BCUT2D eigenvalue weighted by molar-refractivity contribution is 0.197. The van der Waals surface area contributed by atoms with Crippen molar-refractivity contribution < 1.29 is 14.2 Å². The second kappa shape index (κ2) is 5.84. The third kappa shape index (κ3) is 2.61. The smallest absolute Gasteiger partial charge is 0.133 e. The van der Waals surface area contributed by atoms with Crippen LogP contribution >= 0.6 is 0 Å². The highest BCUT2D eigenvalue weighted by Crippen LogP contribution is 2.32. The van der Waals surface area contributed by atoms with Gasteiger partial charge in [0, 0.05) is 12.7 Å². The Kier molecular flexibility index (Phi) is 4.16. The van der Waals surface area contributed by atoms with Gasteiger partial charge < -0.3 is 9.84 Å². The quantitative estimate of drug-likeness (QED) is 0.902. The molecule has 0 aliphatic carbocycles. The normalized spacial score (nSPS) is 12.4. The monoisotopic (exact) mass is 264 g/mol. The van der Waals surface area contributed by atoms with E-state index in [1.165, 1.54) is 13.2 Å². The van der Waals surface area contributed by atoms with Crippen LogP contribution in [0, 0.1) is 5.82 Å². The number of aromatic nitrogens is 2. The maximum absolute atomic E-state index is 13.9. The molecule has 2 aromatic rings. The van der Waals surface area contributed by atoms with Crippen molar-refractivity contribution in [2.75, 3.05) is 7.11 Å². The maximum atomic E-state index is 13.9. The van der Waals surface area contributed by atoms with Crippen LogP contribution in [0.5, 0.6) is 5.75 Å². The first kappa shape index (κ1) is 13.5. The van der Waals surface area contributed by atoms with E-state index in [4.69, 9.17) is 4.74 Å². The number of aliphatic hydroxyl groups excluding tert-OH is 1. The second-order valence-corrected chi connectivity index (χ2v) is 4.24. The van der Waals surface area contributed by atoms with Gasteiger partial charge in [-0.2, -0.15) is 5.10 Å². The number of halogens is 1. The minimum atomic E-state index is -1.09. The average Bonchev–Trinajstić information content (AvgIpc) is 2.86. The van der Waals surface area contributed by atoms with Crippen molar-refractivity contribution in [2.45, 2.75) is 26.0 Å². The summed E-state index contributed by atoms with van der Waals surface area (Å²) in [5, 5.41) is 14.5. The summed E-state index contributed by atoms with van der Waals surface area (Å²) in [5.41, 5.74) is 0.702. The SMILES string of the molecule is CCCn1nccc1C(O)c1c(F)cccc1OC. The van der Waals surface area contributed by atoms with Crippen LogP contribution < -0.4 is 4.74 Å². The van der Waals surface area contributed by atoms with Crippen molar-refractivity contribution in [3.63, 3.8) is 0 Å². The minimum Gasteiger partial charge on any atom is -0.496 e. The number of nitrogens with zero attached hydrogens (tertiary/aromatic N) is 2. The van der Waals surface area contributed by atoms with Gasteiger partial charge in [0.2, 0.25) is 0 Å². The lowest BCUT2D eigenvalue weighted by Gasteiger charge is -2.17. The van der Waals surface area contributed by atoms with Crippen LogP contribution in [-0.2, 0) is 6.54 Å². The summed E-state index contributed by atoms with van der Waals surface area (Å²) in [6.07, 6.45) is 1.39. The van der Waals surface area contributed by atoms with Crippen molar-refractivity contribution >= 4 is 0 Å². The average molecular weight is 264 g/mol. The van der Waals surface area contributed by atoms with Gasteiger partial charge in [0.15, 0.2) is 0 Å². The van der Waals surface area contributed by atoms with E-state index in [0.717, 1.165) is 6.42 Å². The molecule has 1 heterocycles. The lowest BCUT2D eigenvalue weighted by Crippen LogP contribution is -2.12. The van der Waals surface area contributed by atoms with E-state index in [9.17, 15) is 9.50 Å². The number of methoxy groups -OCH3 is 1. The van der Waals surface area contributed by atoms with Crippen molar-refractivity contribution in [3.05, 3.63) is 47.5 Å². The molecule has 4 nitrogen and oxygen atoms in total. The predicted molar refractivity (Wildman–Crippen MR) is 69.5 cm³/mol. The van der Waals surface area contributed by atoms with E-state index in [0.29, 0.717) is 18.0 Å². The Labute approximate surface area is 111 Å². The van der Waals surface area contributed by atoms with E-state index in [2.05, 4.69) is 5.10 Å². The highest BCUT2D eigenvalue weighted by Gasteiger charge is 2.22. The summed E-state index contributed by atoms with van der Waals surface area (Å²) in [6, 6.07) is 6.17. The number of aryl methyl sites for hydroxylation is 1. The lowest BCUT2D eigenvalue weighted by atomic mass is 10.0. The Morgan fingerprint density at radius 3 is 2.89 bits per heavy atom. The summed E-state index contributed by atoms with van der Waals surface area (Å²) in [5.74, 6) is -0.159. The first-order valence-corrected chi connectivity index (χ1v) is 6.21. The molecular weight excluding hydrogens is 247 g/mol. The number of ether oxygens (including phenoxy) is 1. The standard InChI is InChI=1S/C14H17FN2O2/c1-3-9-17-11(7-8-16-17)14(18)13-10(15)5-4-6-12(13)19-2/h4-8,14,18H,3,9H2,1-2H3. The van der Waals surface area contributed by atoms with Crippen molar-refractivity contribution in [1.29, 1.82) is 0 Å². The van der Waals surface area contributed by atoms with Gasteiger partial charge in [0.1, 0.15) is 17.7 Å². The Morgan fingerprint density at radius 2 is 2.21 bits per heavy atom. The fourth-order valence-corrected chi connectivity index (χ4v) is 2.08. The van der Waals surface area contributed by atoms with Gasteiger partial charge in [-0.3, -0.25) is 4.68 Å². The van der Waals surface area contributed by atoms with Gasteiger partial charge in [-0.05, 0) is 24.6 Å². The molecule has 102 valence electrons. The number of hydrogen-bond donors (Lipinski definition) is 1. The van der Waals surface area contributed by atoms with Gasteiger partial charge in [0.25, 0.3) is 0 Å². The van der Waals surface area contributed by atoms with Crippen LogP contribution in [0.4, 0.5) is 4.39 Å². The number of benzene rings is 1. The molecular formula is C14H17FN2O2. The summed E-state index contributed by atoms with van der Waals surface area (Å²) >= 11 is 0. The van der Waals surface area contributed by atoms with Crippen molar-refractivity contribution in [3.8, 4) is 5.75 Å². The fourth-order valence-electron chi connectivity index (χ4n) is 2.08. The molecule has 0 saturated heterocycles. The molecule has 1 atom stereocenters. The molecule has 0 aliphatic heterocycles. The molecule has 19 heavy (non-hydrogen) atoms. The highest BCUT2D eigenvalue weighted by molar-refractivity contribution is 5.39. The van der Waals surface area contributed by atoms with Gasteiger partial charge in [0.05, 0.1) is 18.4 Å². The first-order valence-electron chi connectivity index (χ1n) is 6.21. The first-order chi connectivity index (χ1) is 9.19. The number of hydrogen-bond acceptors (Lipinski definition) is 3. The Balaban J connectivity index is 2.43. The van der Waals surface area contributed by atoms with Crippen molar-refractivity contribution in [1.82, 2.24) is 9.78 Å². The highest BCUT2D eigenvalue weighted by atomic mass is 19.1. The molecule has 0 amide bonds. The van der Waals surface area contributed by atoms with E-state index in [1.807, 2.05) is 6.92 Å². The molecule has 1 N–H and O–H groups in total. The van der Waals surface area contributed by atoms with E-state index in [-0.39, 0.29) is 5.56 Å². The summed E-state index contributed by atoms with van der Waals surface area (Å²) in [6.45, 7) is 2.69. The van der Waals surface area contributed by atoms with Crippen LogP contribution in [0.2, 0.25) is 0 Å². The fraction of sp³-hybridized carbons (Fsp3) is 0.357. The molecule has 0 spiro atoms. The third-order valence-electron chi connectivity index (χ3n) is 2.97. The van der Waals surface area contributed by atoms with Crippen molar-refractivity contribution in [2.24, 2.45) is 0 Å². The molecule has 1 aromatic carbocycles. The number of rotatable bonds is 5. The van der Waals surface area contributed by atoms with E-state index < -0.39 is 11.9 Å². The van der Waals surface area contributed by atoms with E-state index >= 15 is 0 Å². The molecule has 0 radical (unpaired) electrons. The summed E-state index contributed by atoms with van der Waals surface area (Å²) < 4.78 is 20.7. The van der Waals surface area contributed by atoms with Crippen LogP contribution in [-0.4, -0.2) is 22.0 Å². The molecule has 0 bridgehead atoms. The largest absolute Gasteiger partial charge is 0.496 e. The van der Waals surface area contributed by atoms with E-state index in [1.54, 1.807) is 29.1 Å². The van der Waals surface area contributed by atoms with Gasteiger partial charge in [-0.25, -0.2) is 4.39 Å². The molecule has 0 fully saturated rings. The van der Waals surface area contributed by atoms with Gasteiger partial charge in [-0.15, -0.1) is 0 Å².